The van der Waals surface area contributed by atoms with Gasteiger partial charge >= 0.3 is 0 Å². The second-order valence-corrected chi connectivity index (χ2v) is 4.11. The van der Waals surface area contributed by atoms with Gasteiger partial charge in [-0.3, -0.25) is 0 Å². The van der Waals surface area contributed by atoms with Crippen LogP contribution in [0.15, 0.2) is 71.9 Å². The van der Waals surface area contributed by atoms with E-state index in [-0.39, 0.29) is 0 Å². The number of rotatable bonds is 5. The maximum absolute atomic E-state index is 4.01. The second kappa shape index (κ2) is 6.84. The second-order valence-electron chi connectivity index (χ2n) is 4.11. The standard InChI is InChI=1S/C16H22/c1-8-14(7)15(9-2)16(13(5)6)11-10-12(3)4/h8-11H,1-2,5H2,3-4,6-7H3/b15-14+,16-11+. The van der Waals surface area contributed by atoms with Gasteiger partial charge in [0.25, 0.3) is 0 Å². The summed E-state index contributed by atoms with van der Waals surface area (Å²) in [5.41, 5.74) is 5.63. The molecule has 0 bridgehead atoms. The van der Waals surface area contributed by atoms with Crippen molar-refractivity contribution in [2.75, 3.05) is 0 Å². The van der Waals surface area contributed by atoms with Crippen molar-refractivity contribution in [3.05, 3.63) is 71.9 Å². The summed E-state index contributed by atoms with van der Waals surface area (Å²) in [6.07, 6.45) is 7.87. The van der Waals surface area contributed by atoms with E-state index in [9.17, 15) is 0 Å². The van der Waals surface area contributed by atoms with E-state index >= 15 is 0 Å². The smallest absolute Gasteiger partial charge is 0.0158 e. The van der Waals surface area contributed by atoms with Gasteiger partial charge in [-0.05, 0) is 44.4 Å². The van der Waals surface area contributed by atoms with Crippen LogP contribution in [-0.4, -0.2) is 0 Å². The molecule has 0 N–H and O–H groups in total. The lowest BCUT2D eigenvalue weighted by Gasteiger charge is -2.10. The van der Waals surface area contributed by atoms with Crippen molar-refractivity contribution in [1.82, 2.24) is 0 Å². The molecule has 0 aromatic rings. The summed E-state index contributed by atoms with van der Waals surface area (Å²) < 4.78 is 0. The first-order valence-electron chi connectivity index (χ1n) is 5.41. The van der Waals surface area contributed by atoms with Crippen LogP contribution in [0, 0.1) is 0 Å². The summed E-state index contributed by atoms with van der Waals surface area (Å²) in [7, 11) is 0. The van der Waals surface area contributed by atoms with Gasteiger partial charge in [-0.2, -0.15) is 0 Å². The van der Waals surface area contributed by atoms with Gasteiger partial charge in [0.15, 0.2) is 0 Å². The van der Waals surface area contributed by atoms with E-state index in [0.29, 0.717) is 0 Å². The first kappa shape index (κ1) is 14.4. The lowest BCUT2D eigenvalue weighted by atomic mass is 9.95. The van der Waals surface area contributed by atoms with E-state index in [1.807, 2.05) is 26.0 Å². The Hall–Kier alpha value is -1.56. The molecule has 0 amide bonds. The molecule has 0 saturated heterocycles. The molecule has 0 unspecified atom stereocenters. The van der Waals surface area contributed by atoms with Crippen LogP contribution in [0.2, 0.25) is 0 Å². The minimum absolute atomic E-state index is 1.04. The topological polar surface area (TPSA) is 0 Å². The van der Waals surface area contributed by atoms with E-state index in [1.165, 1.54) is 5.57 Å². The average molecular weight is 214 g/mol. The minimum atomic E-state index is 1.04. The van der Waals surface area contributed by atoms with Crippen LogP contribution < -0.4 is 0 Å². The van der Waals surface area contributed by atoms with Gasteiger partial charge in [0.2, 0.25) is 0 Å². The van der Waals surface area contributed by atoms with Crippen molar-refractivity contribution in [2.24, 2.45) is 0 Å². The fourth-order valence-corrected chi connectivity index (χ4v) is 1.31. The summed E-state index contributed by atoms with van der Waals surface area (Å²) in [6, 6.07) is 0. The SMILES string of the molecule is C=C/C(C)=C(C=C)/C(=C/C=C(C)C)C(=C)C. The zero-order valence-corrected chi connectivity index (χ0v) is 10.9. The molecule has 0 aliphatic rings. The van der Waals surface area contributed by atoms with Crippen LogP contribution in [0.5, 0.6) is 0 Å². The number of hydrogen-bond acceptors (Lipinski definition) is 0. The monoisotopic (exact) mass is 214 g/mol. The van der Waals surface area contributed by atoms with Gasteiger partial charge in [0, 0.05) is 0 Å². The molecule has 86 valence electrons. The van der Waals surface area contributed by atoms with Crippen LogP contribution in [0.4, 0.5) is 0 Å². The number of allylic oxidation sites excluding steroid dienone is 9. The normalized spacial score (nSPS) is 12.6. The Morgan fingerprint density at radius 3 is 1.75 bits per heavy atom. The quantitative estimate of drug-likeness (QED) is 0.556. The van der Waals surface area contributed by atoms with E-state index in [0.717, 1.165) is 22.3 Å². The third kappa shape index (κ3) is 4.31. The summed E-state index contributed by atoms with van der Waals surface area (Å²) in [5.74, 6) is 0. The highest BCUT2D eigenvalue weighted by molar-refractivity contribution is 5.54. The van der Waals surface area contributed by atoms with Crippen molar-refractivity contribution >= 4 is 0 Å². The van der Waals surface area contributed by atoms with Crippen molar-refractivity contribution in [1.29, 1.82) is 0 Å². The minimum Gasteiger partial charge on any atom is -0.0988 e. The third-order valence-corrected chi connectivity index (χ3v) is 2.27. The van der Waals surface area contributed by atoms with E-state index in [2.05, 4.69) is 45.7 Å². The van der Waals surface area contributed by atoms with Crippen molar-refractivity contribution < 1.29 is 0 Å². The van der Waals surface area contributed by atoms with Gasteiger partial charge in [-0.25, -0.2) is 0 Å². The maximum atomic E-state index is 4.01. The van der Waals surface area contributed by atoms with Gasteiger partial charge in [-0.15, -0.1) is 0 Å². The van der Waals surface area contributed by atoms with E-state index in [4.69, 9.17) is 0 Å². The van der Waals surface area contributed by atoms with Crippen molar-refractivity contribution in [3.8, 4) is 0 Å². The molecular weight excluding hydrogens is 192 g/mol. The van der Waals surface area contributed by atoms with Gasteiger partial charge in [0.1, 0.15) is 0 Å². The van der Waals surface area contributed by atoms with Crippen LogP contribution in [-0.2, 0) is 0 Å². The zero-order valence-electron chi connectivity index (χ0n) is 10.9. The zero-order chi connectivity index (χ0) is 12.7. The molecule has 0 nitrogen and oxygen atoms in total. The summed E-state index contributed by atoms with van der Waals surface area (Å²) in [6.45, 7) is 19.8. The lowest BCUT2D eigenvalue weighted by Crippen LogP contribution is -1.91. The Labute approximate surface area is 100 Å². The van der Waals surface area contributed by atoms with Gasteiger partial charge in [-0.1, -0.05) is 55.2 Å². The highest BCUT2D eigenvalue weighted by atomic mass is 14.1. The van der Waals surface area contributed by atoms with E-state index in [1.54, 1.807) is 0 Å². The van der Waals surface area contributed by atoms with Gasteiger partial charge < -0.3 is 0 Å². The van der Waals surface area contributed by atoms with Crippen LogP contribution in [0.25, 0.3) is 0 Å². The molecule has 0 saturated carbocycles. The Bertz CT molecular complexity index is 380. The van der Waals surface area contributed by atoms with E-state index < -0.39 is 0 Å². The van der Waals surface area contributed by atoms with Crippen LogP contribution >= 0.6 is 0 Å². The Kier molecular flexibility index (Phi) is 6.17. The molecule has 0 atom stereocenters. The van der Waals surface area contributed by atoms with Crippen molar-refractivity contribution in [2.45, 2.75) is 27.7 Å². The van der Waals surface area contributed by atoms with Crippen LogP contribution in [0.3, 0.4) is 0 Å². The Morgan fingerprint density at radius 2 is 1.44 bits per heavy atom. The first-order valence-corrected chi connectivity index (χ1v) is 5.41. The molecule has 0 aliphatic carbocycles. The Balaban J connectivity index is 5.62. The largest absolute Gasteiger partial charge is 0.0988 e. The molecule has 0 aromatic heterocycles. The summed E-state index contributed by atoms with van der Waals surface area (Å²) >= 11 is 0. The van der Waals surface area contributed by atoms with Crippen LogP contribution in [0.1, 0.15) is 27.7 Å². The molecule has 0 fully saturated rings. The predicted octanol–water partition coefficient (Wildman–Crippen LogP) is 5.14. The maximum Gasteiger partial charge on any atom is -0.0158 e. The molecule has 0 radical (unpaired) electrons. The summed E-state index contributed by atoms with van der Waals surface area (Å²) in [5, 5.41) is 0. The predicted molar refractivity (Wildman–Crippen MR) is 75.4 cm³/mol. The third-order valence-electron chi connectivity index (χ3n) is 2.27. The lowest BCUT2D eigenvalue weighted by molar-refractivity contribution is 1.32. The molecule has 0 aliphatic heterocycles. The molecule has 0 rings (SSSR count). The highest BCUT2D eigenvalue weighted by Crippen LogP contribution is 2.23. The first-order chi connectivity index (χ1) is 7.43. The van der Waals surface area contributed by atoms with Gasteiger partial charge in [0.05, 0.1) is 0 Å². The molecule has 0 spiro atoms. The molecule has 0 heteroatoms. The fourth-order valence-electron chi connectivity index (χ4n) is 1.31. The summed E-state index contributed by atoms with van der Waals surface area (Å²) in [4.78, 5) is 0. The highest BCUT2D eigenvalue weighted by Gasteiger charge is 2.04. The Morgan fingerprint density at radius 1 is 0.875 bits per heavy atom. The fraction of sp³-hybridized carbons (Fsp3) is 0.250. The molecular formula is C16H22. The molecule has 0 aromatic carbocycles. The van der Waals surface area contributed by atoms with Crippen molar-refractivity contribution in [3.63, 3.8) is 0 Å². The number of hydrogen-bond donors (Lipinski definition) is 0. The molecule has 0 heterocycles. The molecule has 16 heavy (non-hydrogen) atoms. The average Bonchev–Trinajstić information content (AvgIpc) is 2.22.